The molecule has 2 N–H and O–H groups in total. The average Bonchev–Trinajstić information content (AvgIpc) is 2.83. The van der Waals surface area contributed by atoms with Crippen LogP contribution >= 0.6 is 11.6 Å². The van der Waals surface area contributed by atoms with Crippen molar-refractivity contribution in [1.82, 2.24) is 9.97 Å². The van der Waals surface area contributed by atoms with Gasteiger partial charge in [-0.25, -0.2) is 9.97 Å². The zero-order chi connectivity index (χ0) is 25.0. The first kappa shape index (κ1) is 26.3. The van der Waals surface area contributed by atoms with Gasteiger partial charge in [0.25, 0.3) is 0 Å². The number of aromatic nitrogens is 2. The molecule has 0 unspecified atom stereocenters. The van der Waals surface area contributed by atoms with E-state index in [-0.39, 0.29) is 11.7 Å². The summed E-state index contributed by atoms with van der Waals surface area (Å²) in [6, 6.07) is 8.62. The molecule has 0 spiro atoms. The molecular formula is C26H32ClN3O5. The highest BCUT2D eigenvalue weighted by Gasteiger charge is 2.12. The lowest BCUT2D eigenvalue weighted by molar-refractivity contribution is -0.141. The monoisotopic (exact) mass is 501 g/mol. The molecule has 0 amide bonds. The number of phenols is 1. The number of nitrogens with one attached hydrogen (secondary N) is 1. The first-order valence-corrected chi connectivity index (χ1v) is 12.2. The predicted molar refractivity (Wildman–Crippen MR) is 137 cm³/mol. The Morgan fingerprint density at radius 3 is 2.40 bits per heavy atom. The number of halogens is 1. The van der Waals surface area contributed by atoms with Crippen LogP contribution in [0.2, 0.25) is 5.02 Å². The van der Waals surface area contributed by atoms with Crippen molar-refractivity contribution in [3.63, 3.8) is 0 Å². The van der Waals surface area contributed by atoms with Gasteiger partial charge < -0.3 is 24.6 Å². The molecule has 8 nitrogen and oxygen atoms in total. The first-order valence-electron chi connectivity index (χ1n) is 11.8. The maximum Gasteiger partial charge on any atom is 0.302 e. The zero-order valence-corrected chi connectivity index (χ0v) is 20.9. The van der Waals surface area contributed by atoms with E-state index in [0.717, 1.165) is 44.9 Å². The number of fused-ring (bicyclic) bond motifs is 1. The Balaban J connectivity index is 1.51. The smallest absolute Gasteiger partial charge is 0.302 e. The molecule has 188 valence electrons. The molecule has 35 heavy (non-hydrogen) atoms. The lowest BCUT2D eigenvalue weighted by Crippen LogP contribution is -2.02. The van der Waals surface area contributed by atoms with E-state index in [2.05, 4.69) is 15.3 Å². The SMILES string of the molecule is COc1cc2ncnc(Nc3cc(Cl)ccc3OCCCCCCCCCOC(C)=O)c2cc1O. The van der Waals surface area contributed by atoms with E-state index in [1.807, 2.05) is 6.07 Å². The molecule has 9 heteroatoms. The summed E-state index contributed by atoms with van der Waals surface area (Å²) < 4.78 is 16.1. The molecule has 0 aliphatic heterocycles. The fraction of sp³-hybridized carbons (Fsp3) is 0.423. The van der Waals surface area contributed by atoms with Crippen LogP contribution in [0.25, 0.3) is 10.9 Å². The highest BCUT2D eigenvalue weighted by Crippen LogP contribution is 2.36. The zero-order valence-electron chi connectivity index (χ0n) is 20.2. The third-order valence-corrected chi connectivity index (χ3v) is 5.72. The van der Waals surface area contributed by atoms with E-state index >= 15 is 0 Å². The second-order valence-electron chi connectivity index (χ2n) is 8.19. The lowest BCUT2D eigenvalue weighted by Gasteiger charge is -2.15. The van der Waals surface area contributed by atoms with Gasteiger partial charge in [0.15, 0.2) is 11.5 Å². The number of benzene rings is 2. The number of hydrogen-bond donors (Lipinski definition) is 2. The maximum absolute atomic E-state index is 10.7. The number of hydrogen-bond acceptors (Lipinski definition) is 8. The minimum Gasteiger partial charge on any atom is -0.504 e. The van der Waals surface area contributed by atoms with Gasteiger partial charge in [0.1, 0.15) is 17.9 Å². The van der Waals surface area contributed by atoms with Gasteiger partial charge in [-0.05, 0) is 37.1 Å². The van der Waals surface area contributed by atoms with Gasteiger partial charge in [0.05, 0.1) is 31.5 Å². The van der Waals surface area contributed by atoms with Gasteiger partial charge in [-0.15, -0.1) is 0 Å². The Hall–Kier alpha value is -3.26. The van der Waals surface area contributed by atoms with Crippen LogP contribution in [-0.2, 0) is 9.53 Å². The van der Waals surface area contributed by atoms with Crippen LogP contribution in [0.15, 0.2) is 36.7 Å². The van der Waals surface area contributed by atoms with E-state index in [1.54, 1.807) is 24.3 Å². The second kappa shape index (κ2) is 13.6. The quantitative estimate of drug-likeness (QED) is 0.193. The standard InChI is InChI=1S/C26H32ClN3O5/c1-18(31)34-12-8-6-4-3-5-7-9-13-35-24-11-10-19(27)14-22(24)30-26-20-15-23(32)25(33-2)16-21(20)28-17-29-26/h10-11,14-17,32H,3-9,12-13H2,1-2H3,(H,28,29,30). The van der Waals surface area contributed by atoms with E-state index < -0.39 is 0 Å². The van der Waals surface area contributed by atoms with E-state index in [1.165, 1.54) is 20.4 Å². The number of rotatable bonds is 14. The van der Waals surface area contributed by atoms with Crippen molar-refractivity contribution >= 4 is 40.0 Å². The minimum absolute atomic E-state index is 0.00446. The number of nitrogens with zero attached hydrogens (tertiary/aromatic N) is 2. The molecule has 1 heterocycles. The summed E-state index contributed by atoms with van der Waals surface area (Å²) >= 11 is 6.24. The molecular weight excluding hydrogens is 470 g/mol. The van der Waals surface area contributed by atoms with Gasteiger partial charge in [-0.2, -0.15) is 0 Å². The Bertz CT molecular complexity index is 1130. The van der Waals surface area contributed by atoms with Crippen LogP contribution in [0, 0.1) is 0 Å². The van der Waals surface area contributed by atoms with Crippen LogP contribution < -0.4 is 14.8 Å². The van der Waals surface area contributed by atoms with Crippen molar-refractivity contribution in [2.75, 3.05) is 25.6 Å². The Labute approximate surface area is 210 Å². The number of carbonyl (C=O) groups is 1. The van der Waals surface area contributed by atoms with Crippen molar-refractivity contribution in [1.29, 1.82) is 0 Å². The lowest BCUT2D eigenvalue weighted by atomic mass is 10.1. The third kappa shape index (κ3) is 8.17. The van der Waals surface area contributed by atoms with Crippen LogP contribution in [0.1, 0.15) is 51.9 Å². The summed E-state index contributed by atoms with van der Waals surface area (Å²) in [6.07, 6.45) is 8.91. The third-order valence-electron chi connectivity index (χ3n) is 5.48. The number of carbonyl (C=O) groups excluding carboxylic acids is 1. The molecule has 2 aromatic carbocycles. The van der Waals surface area contributed by atoms with Crippen molar-refractivity contribution in [3.05, 3.63) is 41.7 Å². The van der Waals surface area contributed by atoms with E-state index in [4.69, 9.17) is 25.8 Å². The Morgan fingerprint density at radius 1 is 0.971 bits per heavy atom. The van der Waals surface area contributed by atoms with Gasteiger partial charge in [-0.3, -0.25) is 4.79 Å². The molecule has 0 atom stereocenters. The first-order chi connectivity index (χ1) is 17.0. The molecule has 1 aromatic heterocycles. The largest absolute Gasteiger partial charge is 0.504 e. The average molecular weight is 502 g/mol. The number of methoxy groups -OCH3 is 1. The Kier molecular flexibility index (Phi) is 10.2. The van der Waals surface area contributed by atoms with Gasteiger partial charge in [-0.1, -0.05) is 43.7 Å². The second-order valence-corrected chi connectivity index (χ2v) is 8.63. The summed E-state index contributed by atoms with van der Waals surface area (Å²) in [7, 11) is 1.49. The maximum atomic E-state index is 10.7. The molecule has 3 aromatic rings. The summed E-state index contributed by atoms with van der Waals surface area (Å²) in [6.45, 7) is 2.54. The number of phenolic OH excluding ortho intramolecular Hbond substituents is 1. The summed E-state index contributed by atoms with van der Waals surface area (Å²) in [4.78, 5) is 19.3. The molecule has 3 rings (SSSR count). The van der Waals surface area contributed by atoms with Crippen LogP contribution in [0.4, 0.5) is 11.5 Å². The number of anilines is 2. The molecule has 0 aliphatic rings. The fourth-order valence-electron chi connectivity index (χ4n) is 3.67. The number of unbranched alkanes of at least 4 members (excludes halogenated alkanes) is 6. The highest BCUT2D eigenvalue weighted by molar-refractivity contribution is 6.31. The number of esters is 1. The molecule has 0 aliphatic carbocycles. The molecule has 0 saturated heterocycles. The Morgan fingerprint density at radius 2 is 1.69 bits per heavy atom. The summed E-state index contributed by atoms with van der Waals surface area (Å²) in [5.41, 5.74) is 1.31. The molecule has 0 bridgehead atoms. The number of ether oxygens (including phenoxy) is 3. The fourth-order valence-corrected chi connectivity index (χ4v) is 3.85. The van der Waals surface area contributed by atoms with Crippen molar-refractivity contribution < 1.29 is 24.1 Å². The van der Waals surface area contributed by atoms with Gasteiger partial charge in [0.2, 0.25) is 0 Å². The van der Waals surface area contributed by atoms with Gasteiger partial charge >= 0.3 is 5.97 Å². The molecule has 0 saturated carbocycles. The van der Waals surface area contributed by atoms with E-state index in [0.29, 0.717) is 52.1 Å². The van der Waals surface area contributed by atoms with E-state index in [9.17, 15) is 9.90 Å². The van der Waals surface area contributed by atoms with Crippen molar-refractivity contribution in [3.8, 4) is 17.2 Å². The normalized spacial score (nSPS) is 10.8. The van der Waals surface area contributed by atoms with Crippen LogP contribution in [0.3, 0.4) is 0 Å². The predicted octanol–water partition coefficient (Wildman–Crippen LogP) is 6.41. The molecule has 0 fully saturated rings. The minimum atomic E-state index is -0.214. The topological polar surface area (TPSA) is 103 Å². The van der Waals surface area contributed by atoms with Crippen molar-refractivity contribution in [2.45, 2.75) is 51.9 Å². The van der Waals surface area contributed by atoms with Gasteiger partial charge in [0, 0.05) is 23.4 Å². The van der Waals surface area contributed by atoms with Crippen molar-refractivity contribution in [2.24, 2.45) is 0 Å². The van der Waals surface area contributed by atoms with Crippen LogP contribution in [-0.4, -0.2) is 41.4 Å². The summed E-state index contributed by atoms with van der Waals surface area (Å²) in [5, 5.41) is 14.7. The molecule has 0 radical (unpaired) electrons. The summed E-state index contributed by atoms with van der Waals surface area (Å²) in [5.74, 6) is 1.33. The van der Waals surface area contributed by atoms with Crippen LogP contribution in [0.5, 0.6) is 17.2 Å². The highest BCUT2D eigenvalue weighted by atomic mass is 35.5. The number of aromatic hydroxyl groups is 1.